The van der Waals surface area contributed by atoms with Crippen molar-refractivity contribution >= 4 is 0 Å². The molecule has 0 aromatic carbocycles. The van der Waals surface area contributed by atoms with E-state index >= 15 is 0 Å². The van der Waals surface area contributed by atoms with E-state index < -0.39 is 0 Å². The van der Waals surface area contributed by atoms with Crippen LogP contribution < -0.4 is 0 Å². The second-order valence-corrected chi connectivity index (χ2v) is 4.43. The van der Waals surface area contributed by atoms with E-state index in [1.807, 2.05) is 23.7 Å². The molecule has 90 valence electrons. The smallest absolute Gasteiger partial charge is 0.159 e. The van der Waals surface area contributed by atoms with Gasteiger partial charge in [0.15, 0.2) is 11.6 Å². The Labute approximate surface area is 105 Å². The number of nitrogens with zero attached hydrogens (tertiary/aromatic N) is 5. The van der Waals surface area contributed by atoms with Crippen LogP contribution in [0, 0.1) is 11.3 Å². The Morgan fingerprint density at radius 1 is 1.44 bits per heavy atom. The van der Waals surface area contributed by atoms with Crippen LogP contribution in [0.1, 0.15) is 37.2 Å². The summed E-state index contributed by atoms with van der Waals surface area (Å²) in [5, 5.41) is 13.3. The normalized spacial score (nSPS) is 14.4. The largest absolute Gasteiger partial charge is 0.246 e. The molecule has 2 aromatic heterocycles. The van der Waals surface area contributed by atoms with E-state index in [0.717, 1.165) is 23.8 Å². The summed E-state index contributed by atoms with van der Waals surface area (Å²) in [4.78, 5) is 8.67. The van der Waals surface area contributed by atoms with Gasteiger partial charge < -0.3 is 0 Å². The summed E-state index contributed by atoms with van der Waals surface area (Å²) in [5.74, 6) is 2.33. The van der Waals surface area contributed by atoms with Gasteiger partial charge in [0, 0.05) is 24.2 Å². The van der Waals surface area contributed by atoms with Crippen LogP contribution in [-0.2, 0) is 6.54 Å². The van der Waals surface area contributed by atoms with Crippen molar-refractivity contribution in [2.24, 2.45) is 0 Å². The monoisotopic (exact) mass is 239 g/mol. The number of hydrogen-bond acceptors (Lipinski definition) is 4. The average Bonchev–Trinajstić information content (AvgIpc) is 3.18. The molecular weight excluding hydrogens is 226 g/mol. The number of rotatable bonds is 3. The van der Waals surface area contributed by atoms with Crippen LogP contribution in [0.5, 0.6) is 0 Å². The van der Waals surface area contributed by atoms with Crippen LogP contribution >= 0.6 is 0 Å². The van der Waals surface area contributed by atoms with Crippen LogP contribution in [0.2, 0.25) is 0 Å². The number of pyridine rings is 1. The molecule has 1 aliphatic carbocycles. The number of aryl methyl sites for hydroxylation is 1. The van der Waals surface area contributed by atoms with Crippen molar-refractivity contribution in [3.63, 3.8) is 0 Å². The standard InChI is InChI=1S/C13H13N5/c1-2-18-13(16-12(17-18)9-3-4-9)10-5-6-11(7-14)15-8-10/h5-6,8-9H,2-4H2,1H3. The predicted molar refractivity (Wildman–Crippen MR) is 65.6 cm³/mol. The summed E-state index contributed by atoms with van der Waals surface area (Å²) < 4.78 is 1.90. The lowest BCUT2D eigenvalue weighted by Gasteiger charge is -2.01. The lowest BCUT2D eigenvalue weighted by molar-refractivity contribution is 0.653. The van der Waals surface area contributed by atoms with E-state index in [0.29, 0.717) is 11.6 Å². The molecule has 0 saturated heterocycles. The molecule has 3 rings (SSSR count). The van der Waals surface area contributed by atoms with Crippen molar-refractivity contribution in [3.05, 3.63) is 29.8 Å². The molecule has 1 fully saturated rings. The molecule has 0 unspecified atom stereocenters. The second kappa shape index (κ2) is 4.22. The summed E-state index contributed by atoms with van der Waals surface area (Å²) in [6, 6.07) is 5.60. The summed E-state index contributed by atoms with van der Waals surface area (Å²) in [6.07, 6.45) is 4.07. The summed E-state index contributed by atoms with van der Waals surface area (Å²) in [6.45, 7) is 2.83. The molecule has 0 amide bonds. The predicted octanol–water partition coefficient (Wildman–Crippen LogP) is 2.11. The van der Waals surface area contributed by atoms with Crippen molar-refractivity contribution in [1.82, 2.24) is 19.7 Å². The van der Waals surface area contributed by atoms with Gasteiger partial charge in [-0.3, -0.25) is 0 Å². The zero-order chi connectivity index (χ0) is 12.5. The van der Waals surface area contributed by atoms with Crippen LogP contribution in [0.4, 0.5) is 0 Å². The Hall–Kier alpha value is -2.22. The molecule has 18 heavy (non-hydrogen) atoms. The Morgan fingerprint density at radius 3 is 2.83 bits per heavy atom. The molecule has 1 saturated carbocycles. The minimum Gasteiger partial charge on any atom is -0.246 e. The highest BCUT2D eigenvalue weighted by Gasteiger charge is 2.29. The molecule has 0 aliphatic heterocycles. The fourth-order valence-electron chi connectivity index (χ4n) is 1.90. The highest BCUT2D eigenvalue weighted by Crippen LogP contribution is 2.38. The minimum atomic E-state index is 0.420. The van der Waals surface area contributed by atoms with E-state index in [4.69, 9.17) is 5.26 Å². The van der Waals surface area contributed by atoms with Gasteiger partial charge in [-0.25, -0.2) is 14.6 Å². The summed E-state index contributed by atoms with van der Waals surface area (Å²) in [7, 11) is 0. The average molecular weight is 239 g/mol. The van der Waals surface area contributed by atoms with Crippen molar-refractivity contribution in [3.8, 4) is 17.5 Å². The Kier molecular flexibility index (Phi) is 2.56. The van der Waals surface area contributed by atoms with Crippen LogP contribution in [0.25, 0.3) is 11.4 Å². The molecule has 0 N–H and O–H groups in total. The van der Waals surface area contributed by atoms with Crippen LogP contribution in [0.15, 0.2) is 18.3 Å². The first-order chi connectivity index (χ1) is 8.81. The first kappa shape index (κ1) is 10.9. The Bertz CT molecular complexity index is 601. The van der Waals surface area contributed by atoms with E-state index in [9.17, 15) is 0 Å². The van der Waals surface area contributed by atoms with Gasteiger partial charge in [0.25, 0.3) is 0 Å². The Morgan fingerprint density at radius 2 is 2.28 bits per heavy atom. The lowest BCUT2D eigenvalue weighted by Crippen LogP contribution is -2.00. The van der Waals surface area contributed by atoms with Gasteiger partial charge in [-0.15, -0.1) is 0 Å². The lowest BCUT2D eigenvalue weighted by atomic mass is 10.2. The molecule has 2 aromatic rings. The van der Waals surface area contributed by atoms with E-state index in [2.05, 4.69) is 15.1 Å². The topological polar surface area (TPSA) is 67.4 Å². The van der Waals surface area contributed by atoms with Gasteiger partial charge >= 0.3 is 0 Å². The quantitative estimate of drug-likeness (QED) is 0.822. The van der Waals surface area contributed by atoms with E-state index in [-0.39, 0.29) is 0 Å². The molecule has 0 atom stereocenters. The molecular formula is C13H13N5. The van der Waals surface area contributed by atoms with Crippen LogP contribution in [-0.4, -0.2) is 19.7 Å². The molecule has 2 heterocycles. The minimum absolute atomic E-state index is 0.420. The number of aromatic nitrogens is 4. The zero-order valence-corrected chi connectivity index (χ0v) is 10.2. The third kappa shape index (κ3) is 1.86. The Balaban J connectivity index is 2.01. The van der Waals surface area contributed by atoms with Crippen molar-refractivity contribution in [2.45, 2.75) is 32.2 Å². The molecule has 1 aliphatic rings. The fraction of sp³-hybridized carbons (Fsp3) is 0.385. The third-order valence-corrected chi connectivity index (χ3v) is 3.07. The van der Waals surface area contributed by atoms with Gasteiger partial charge in [0.2, 0.25) is 0 Å². The second-order valence-electron chi connectivity index (χ2n) is 4.43. The molecule has 5 heteroatoms. The third-order valence-electron chi connectivity index (χ3n) is 3.07. The maximum Gasteiger partial charge on any atom is 0.159 e. The molecule has 0 spiro atoms. The molecule has 5 nitrogen and oxygen atoms in total. The van der Waals surface area contributed by atoms with Gasteiger partial charge in [-0.1, -0.05) is 0 Å². The SMILES string of the molecule is CCn1nc(C2CC2)nc1-c1ccc(C#N)nc1. The first-order valence-corrected chi connectivity index (χ1v) is 6.13. The number of hydrogen-bond donors (Lipinski definition) is 0. The maximum absolute atomic E-state index is 8.74. The summed E-state index contributed by atoms with van der Waals surface area (Å²) in [5.41, 5.74) is 1.33. The van der Waals surface area contributed by atoms with Gasteiger partial charge in [-0.2, -0.15) is 10.4 Å². The van der Waals surface area contributed by atoms with Crippen molar-refractivity contribution < 1.29 is 0 Å². The van der Waals surface area contributed by atoms with Crippen molar-refractivity contribution in [1.29, 1.82) is 5.26 Å². The highest BCUT2D eigenvalue weighted by atomic mass is 15.3. The molecule has 0 radical (unpaired) electrons. The zero-order valence-electron chi connectivity index (χ0n) is 10.2. The van der Waals surface area contributed by atoms with E-state index in [1.165, 1.54) is 12.8 Å². The maximum atomic E-state index is 8.74. The van der Waals surface area contributed by atoms with Gasteiger partial charge in [-0.05, 0) is 31.9 Å². The van der Waals surface area contributed by atoms with E-state index in [1.54, 1.807) is 12.3 Å². The van der Waals surface area contributed by atoms with Crippen molar-refractivity contribution in [2.75, 3.05) is 0 Å². The van der Waals surface area contributed by atoms with Gasteiger partial charge in [0.1, 0.15) is 11.8 Å². The van der Waals surface area contributed by atoms with Gasteiger partial charge in [0.05, 0.1) is 0 Å². The van der Waals surface area contributed by atoms with Crippen LogP contribution in [0.3, 0.4) is 0 Å². The highest BCUT2D eigenvalue weighted by molar-refractivity contribution is 5.54. The molecule has 0 bridgehead atoms. The number of nitriles is 1. The fourth-order valence-corrected chi connectivity index (χ4v) is 1.90. The summed E-state index contributed by atoms with van der Waals surface area (Å²) >= 11 is 0. The first-order valence-electron chi connectivity index (χ1n) is 6.13.